The number of anilines is 3. The zero-order chi connectivity index (χ0) is 28.6. The lowest BCUT2D eigenvalue weighted by molar-refractivity contribution is -0.125. The molecular formula is C28H31N5O7. The molecular weight excluding hydrogens is 518 g/mol. The SMILES string of the molecule is COc1cc(CC(=O)NN2CCCC2COc2ccc(C(=O)O)cc2N)ccc1NC(=O)Nc1ccccc1O. The number of para-hydroxylation sites is 2. The Bertz CT molecular complexity index is 1400. The molecule has 1 heterocycles. The molecule has 0 aliphatic carbocycles. The van der Waals surface area contributed by atoms with E-state index in [9.17, 15) is 19.5 Å². The molecule has 0 bridgehead atoms. The number of carboxylic acid groups (broad SMARTS) is 1. The van der Waals surface area contributed by atoms with Gasteiger partial charge < -0.3 is 36.1 Å². The van der Waals surface area contributed by atoms with E-state index in [2.05, 4.69) is 16.1 Å². The van der Waals surface area contributed by atoms with Gasteiger partial charge in [-0.15, -0.1) is 0 Å². The van der Waals surface area contributed by atoms with E-state index in [1.54, 1.807) is 36.4 Å². The second-order valence-electron chi connectivity index (χ2n) is 9.20. The molecule has 4 rings (SSSR count). The van der Waals surface area contributed by atoms with E-state index >= 15 is 0 Å². The van der Waals surface area contributed by atoms with Crippen LogP contribution in [0.5, 0.6) is 17.2 Å². The molecule has 0 spiro atoms. The zero-order valence-corrected chi connectivity index (χ0v) is 21.8. The summed E-state index contributed by atoms with van der Waals surface area (Å²) in [7, 11) is 1.46. The Morgan fingerprint density at radius 2 is 1.80 bits per heavy atom. The minimum atomic E-state index is -1.07. The highest BCUT2D eigenvalue weighted by Gasteiger charge is 2.27. The maximum atomic E-state index is 12.8. The van der Waals surface area contributed by atoms with Crippen molar-refractivity contribution in [3.63, 3.8) is 0 Å². The highest BCUT2D eigenvalue weighted by Crippen LogP contribution is 2.28. The second-order valence-corrected chi connectivity index (χ2v) is 9.20. The normalized spacial score (nSPS) is 14.8. The van der Waals surface area contributed by atoms with Crippen LogP contribution in [0.25, 0.3) is 0 Å². The van der Waals surface area contributed by atoms with Gasteiger partial charge in [-0.25, -0.2) is 14.6 Å². The third kappa shape index (κ3) is 7.11. The number of amides is 3. The fourth-order valence-corrected chi connectivity index (χ4v) is 4.34. The molecule has 210 valence electrons. The lowest BCUT2D eigenvalue weighted by atomic mass is 10.1. The Morgan fingerprint density at radius 1 is 1.02 bits per heavy atom. The number of hydrogen-bond acceptors (Lipinski definition) is 8. The largest absolute Gasteiger partial charge is 0.506 e. The van der Waals surface area contributed by atoms with Crippen molar-refractivity contribution in [1.82, 2.24) is 10.4 Å². The number of nitrogen functional groups attached to an aromatic ring is 1. The lowest BCUT2D eigenvalue weighted by Gasteiger charge is -2.25. The number of aromatic hydroxyl groups is 1. The number of nitrogens with zero attached hydrogens (tertiary/aromatic N) is 1. The molecule has 12 heteroatoms. The molecule has 0 radical (unpaired) electrons. The molecule has 12 nitrogen and oxygen atoms in total. The minimum Gasteiger partial charge on any atom is -0.506 e. The Balaban J connectivity index is 1.31. The highest BCUT2D eigenvalue weighted by atomic mass is 16.5. The average Bonchev–Trinajstić information content (AvgIpc) is 3.36. The number of carbonyl (C=O) groups excluding carboxylic acids is 2. The molecule has 40 heavy (non-hydrogen) atoms. The number of aromatic carboxylic acids is 1. The van der Waals surface area contributed by atoms with Crippen molar-refractivity contribution in [2.75, 3.05) is 36.6 Å². The summed E-state index contributed by atoms with van der Waals surface area (Å²) >= 11 is 0. The van der Waals surface area contributed by atoms with E-state index in [-0.39, 0.29) is 47.7 Å². The van der Waals surface area contributed by atoms with Crippen LogP contribution in [-0.4, -0.2) is 59.4 Å². The number of phenols is 1. The van der Waals surface area contributed by atoms with Gasteiger partial charge in [0.25, 0.3) is 0 Å². The summed E-state index contributed by atoms with van der Waals surface area (Å²) in [4.78, 5) is 36.3. The number of benzene rings is 3. The van der Waals surface area contributed by atoms with E-state index in [4.69, 9.17) is 20.3 Å². The number of hydrazine groups is 1. The molecule has 0 aromatic heterocycles. The molecule has 7 N–H and O–H groups in total. The van der Waals surface area contributed by atoms with Crippen LogP contribution in [0, 0.1) is 0 Å². The van der Waals surface area contributed by atoms with Crippen LogP contribution in [-0.2, 0) is 11.2 Å². The van der Waals surface area contributed by atoms with Gasteiger partial charge in [0.05, 0.1) is 42.2 Å². The van der Waals surface area contributed by atoms with Crippen LogP contribution >= 0.6 is 0 Å². The van der Waals surface area contributed by atoms with Crippen molar-refractivity contribution in [1.29, 1.82) is 0 Å². The summed E-state index contributed by atoms with van der Waals surface area (Å²) in [6.07, 6.45) is 1.76. The molecule has 1 aliphatic heterocycles. The van der Waals surface area contributed by atoms with Gasteiger partial charge in [-0.05, 0) is 60.9 Å². The number of nitrogens with two attached hydrogens (primary N) is 1. The quantitative estimate of drug-likeness (QED) is 0.163. The standard InChI is InChI=1S/C28H31N5O7/c1-39-25-13-17(8-10-22(25)31-28(38)30-21-6-2-3-7-23(21)34)14-26(35)32-33-12-4-5-19(33)16-40-24-11-9-18(27(36)37)15-20(24)29/h2-3,6-11,13,15,19,34H,4-5,12,14,16,29H2,1H3,(H,32,35)(H,36,37)(H2,30,31,38). The summed E-state index contributed by atoms with van der Waals surface area (Å²) in [5, 5.41) is 26.0. The Kier molecular flexibility index (Phi) is 8.92. The maximum Gasteiger partial charge on any atom is 0.335 e. The number of ether oxygens (including phenoxy) is 2. The Hall–Kier alpha value is -4.97. The van der Waals surface area contributed by atoms with E-state index in [0.29, 0.717) is 29.3 Å². The summed E-state index contributed by atoms with van der Waals surface area (Å²) in [5.41, 5.74) is 10.5. The highest BCUT2D eigenvalue weighted by molar-refractivity contribution is 6.01. The number of urea groups is 1. The van der Waals surface area contributed by atoms with Gasteiger partial charge >= 0.3 is 12.0 Å². The topological polar surface area (TPSA) is 175 Å². The van der Waals surface area contributed by atoms with Gasteiger partial charge in [-0.1, -0.05) is 18.2 Å². The molecule has 3 amide bonds. The Labute approximate surface area is 230 Å². The van der Waals surface area contributed by atoms with Gasteiger partial charge in [0.2, 0.25) is 5.91 Å². The van der Waals surface area contributed by atoms with Crippen LogP contribution in [0.15, 0.2) is 60.7 Å². The summed E-state index contributed by atoms with van der Waals surface area (Å²) in [5.74, 6) is -0.593. The van der Waals surface area contributed by atoms with E-state index in [1.165, 1.54) is 31.4 Å². The van der Waals surface area contributed by atoms with Gasteiger partial charge in [0.1, 0.15) is 23.9 Å². The third-order valence-corrected chi connectivity index (χ3v) is 6.36. The number of hydrogen-bond donors (Lipinski definition) is 6. The summed E-state index contributed by atoms with van der Waals surface area (Å²) in [6, 6.07) is 15.0. The first-order valence-corrected chi connectivity index (χ1v) is 12.6. The molecule has 1 saturated heterocycles. The maximum absolute atomic E-state index is 12.8. The van der Waals surface area contributed by atoms with Crippen LogP contribution in [0.2, 0.25) is 0 Å². The van der Waals surface area contributed by atoms with Gasteiger partial charge in [0, 0.05) is 6.54 Å². The van der Waals surface area contributed by atoms with Crippen molar-refractivity contribution in [3.8, 4) is 17.2 Å². The molecule has 1 atom stereocenters. The van der Waals surface area contributed by atoms with Crippen molar-refractivity contribution < 1.29 is 34.1 Å². The Morgan fingerprint density at radius 3 is 2.52 bits per heavy atom. The fraction of sp³-hybridized carbons (Fsp3) is 0.250. The fourth-order valence-electron chi connectivity index (χ4n) is 4.34. The van der Waals surface area contributed by atoms with Gasteiger partial charge in [0.15, 0.2) is 0 Å². The van der Waals surface area contributed by atoms with Crippen molar-refractivity contribution in [3.05, 3.63) is 71.8 Å². The van der Waals surface area contributed by atoms with Crippen molar-refractivity contribution >= 4 is 35.0 Å². The summed E-state index contributed by atoms with van der Waals surface area (Å²) in [6.45, 7) is 0.930. The van der Waals surface area contributed by atoms with E-state index < -0.39 is 12.0 Å². The number of carboxylic acids is 1. The number of methoxy groups -OCH3 is 1. The van der Waals surface area contributed by atoms with Crippen LogP contribution in [0.3, 0.4) is 0 Å². The van der Waals surface area contributed by atoms with E-state index in [0.717, 1.165) is 12.8 Å². The molecule has 3 aromatic rings. The molecule has 3 aromatic carbocycles. The summed E-state index contributed by atoms with van der Waals surface area (Å²) < 4.78 is 11.2. The molecule has 1 aliphatic rings. The van der Waals surface area contributed by atoms with Gasteiger partial charge in [-0.3, -0.25) is 10.2 Å². The predicted octanol–water partition coefficient (Wildman–Crippen LogP) is 3.44. The first kappa shape index (κ1) is 28.0. The molecule has 1 fully saturated rings. The van der Waals surface area contributed by atoms with Crippen LogP contribution in [0.1, 0.15) is 28.8 Å². The number of nitrogens with one attached hydrogen (secondary N) is 3. The molecule has 1 unspecified atom stereocenters. The predicted molar refractivity (Wildman–Crippen MR) is 149 cm³/mol. The number of phenolic OH excluding ortho intramolecular Hbond substituents is 1. The first-order valence-electron chi connectivity index (χ1n) is 12.6. The number of carbonyl (C=O) groups is 3. The number of rotatable bonds is 10. The van der Waals surface area contributed by atoms with E-state index in [1.807, 2.05) is 5.01 Å². The molecule has 0 saturated carbocycles. The lowest BCUT2D eigenvalue weighted by Crippen LogP contribution is -2.47. The van der Waals surface area contributed by atoms with Crippen LogP contribution in [0.4, 0.5) is 21.9 Å². The van der Waals surface area contributed by atoms with Crippen molar-refractivity contribution in [2.45, 2.75) is 25.3 Å². The third-order valence-electron chi connectivity index (χ3n) is 6.36. The minimum absolute atomic E-state index is 0.0590. The van der Waals surface area contributed by atoms with Gasteiger partial charge in [-0.2, -0.15) is 0 Å². The van der Waals surface area contributed by atoms with Crippen LogP contribution < -0.4 is 31.3 Å². The average molecular weight is 550 g/mol. The van der Waals surface area contributed by atoms with Crippen molar-refractivity contribution in [2.24, 2.45) is 0 Å². The first-order chi connectivity index (χ1) is 19.2. The second kappa shape index (κ2) is 12.7. The zero-order valence-electron chi connectivity index (χ0n) is 21.8. The smallest absolute Gasteiger partial charge is 0.335 e. The monoisotopic (exact) mass is 549 g/mol.